The van der Waals surface area contributed by atoms with Crippen molar-refractivity contribution in [3.63, 3.8) is 0 Å². The van der Waals surface area contributed by atoms with Gasteiger partial charge in [0.05, 0.1) is 8.95 Å². The van der Waals surface area contributed by atoms with Gasteiger partial charge in [-0.1, -0.05) is 38.1 Å². The molecule has 3 heteroatoms. The molecule has 0 spiro atoms. The van der Waals surface area contributed by atoms with Crippen LogP contribution in [-0.2, 0) is 5.41 Å². The van der Waals surface area contributed by atoms with E-state index in [0.29, 0.717) is 0 Å². The van der Waals surface area contributed by atoms with Gasteiger partial charge >= 0.3 is 0 Å². The van der Waals surface area contributed by atoms with Crippen molar-refractivity contribution in [1.82, 2.24) is 0 Å². The number of fused-ring (bicyclic) bond motifs is 2. The highest BCUT2D eigenvalue weighted by Crippen LogP contribution is 2.52. The number of halogens is 2. The molecular formula is C15H12Br2O. The lowest BCUT2D eigenvalue weighted by molar-refractivity contribution is 0.413. The standard InChI is InChI=1S/C15H12Br2O/c1-15(2)9-5-3-7-11(16)13(9)18-14-10(15)6-4-8-12(14)17/h3-8H,1-2H3. The molecule has 0 fully saturated rings. The number of ether oxygens (including phenoxy) is 1. The summed E-state index contributed by atoms with van der Waals surface area (Å²) in [6.45, 7) is 4.46. The van der Waals surface area contributed by atoms with Crippen molar-refractivity contribution >= 4 is 31.9 Å². The second-order valence-corrected chi connectivity index (χ2v) is 6.67. The minimum Gasteiger partial charge on any atom is -0.454 e. The van der Waals surface area contributed by atoms with E-state index in [1.54, 1.807) is 0 Å². The molecule has 0 saturated heterocycles. The van der Waals surface area contributed by atoms with E-state index in [2.05, 4.69) is 70.0 Å². The Bertz CT molecular complexity index is 579. The predicted octanol–water partition coefficient (Wildman–Crippen LogP) is 5.64. The molecule has 1 aliphatic heterocycles. The van der Waals surface area contributed by atoms with Crippen molar-refractivity contribution in [1.29, 1.82) is 0 Å². The number of para-hydroxylation sites is 2. The zero-order valence-electron chi connectivity index (χ0n) is 10.1. The van der Waals surface area contributed by atoms with Crippen molar-refractivity contribution in [2.24, 2.45) is 0 Å². The molecule has 1 aliphatic rings. The maximum atomic E-state index is 6.08. The van der Waals surface area contributed by atoms with E-state index in [9.17, 15) is 0 Å². The number of hydrogen-bond donors (Lipinski definition) is 0. The van der Waals surface area contributed by atoms with Gasteiger partial charge in [-0.05, 0) is 44.0 Å². The van der Waals surface area contributed by atoms with E-state index < -0.39 is 0 Å². The lowest BCUT2D eigenvalue weighted by Crippen LogP contribution is -2.24. The summed E-state index contributed by atoms with van der Waals surface area (Å²) in [6, 6.07) is 12.4. The zero-order valence-corrected chi connectivity index (χ0v) is 13.3. The smallest absolute Gasteiger partial charge is 0.145 e. The van der Waals surface area contributed by atoms with Gasteiger partial charge in [0.1, 0.15) is 11.5 Å². The van der Waals surface area contributed by atoms with Gasteiger partial charge in [0.15, 0.2) is 0 Å². The fourth-order valence-electron chi connectivity index (χ4n) is 2.46. The van der Waals surface area contributed by atoms with E-state index >= 15 is 0 Å². The fourth-order valence-corrected chi connectivity index (χ4v) is 3.35. The minimum atomic E-state index is -0.0591. The molecular weight excluding hydrogens is 356 g/mol. The van der Waals surface area contributed by atoms with Crippen molar-refractivity contribution in [2.75, 3.05) is 0 Å². The monoisotopic (exact) mass is 366 g/mol. The Morgan fingerprint density at radius 2 is 1.28 bits per heavy atom. The summed E-state index contributed by atoms with van der Waals surface area (Å²) in [6.07, 6.45) is 0. The van der Waals surface area contributed by atoms with Crippen LogP contribution in [0.15, 0.2) is 45.3 Å². The predicted molar refractivity (Wildman–Crippen MR) is 80.5 cm³/mol. The molecule has 3 rings (SSSR count). The van der Waals surface area contributed by atoms with Crippen LogP contribution in [0.25, 0.3) is 0 Å². The summed E-state index contributed by atoms with van der Waals surface area (Å²) < 4.78 is 8.07. The van der Waals surface area contributed by atoms with E-state index in [4.69, 9.17) is 4.74 Å². The molecule has 0 aromatic heterocycles. The SMILES string of the molecule is CC1(C)c2cccc(Br)c2Oc2c(Br)cccc21. The quantitative estimate of drug-likeness (QED) is 0.585. The van der Waals surface area contributed by atoms with Gasteiger partial charge in [-0.2, -0.15) is 0 Å². The van der Waals surface area contributed by atoms with Gasteiger partial charge in [0.2, 0.25) is 0 Å². The van der Waals surface area contributed by atoms with Crippen molar-refractivity contribution in [3.8, 4) is 11.5 Å². The third-order valence-corrected chi connectivity index (χ3v) is 4.73. The fraction of sp³-hybridized carbons (Fsp3) is 0.200. The van der Waals surface area contributed by atoms with Crippen LogP contribution in [0.2, 0.25) is 0 Å². The highest BCUT2D eigenvalue weighted by Gasteiger charge is 2.35. The lowest BCUT2D eigenvalue weighted by atomic mass is 9.76. The van der Waals surface area contributed by atoms with Gasteiger partial charge in [0, 0.05) is 16.5 Å². The average molecular weight is 368 g/mol. The van der Waals surface area contributed by atoms with Crippen molar-refractivity contribution < 1.29 is 4.74 Å². The van der Waals surface area contributed by atoms with Crippen LogP contribution in [0.5, 0.6) is 11.5 Å². The molecule has 0 atom stereocenters. The molecule has 1 heterocycles. The second kappa shape index (κ2) is 4.10. The minimum absolute atomic E-state index is 0.0591. The van der Waals surface area contributed by atoms with E-state index in [-0.39, 0.29) is 5.41 Å². The number of hydrogen-bond acceptors (Lipinski definition) is 1. The molecule has 1 nitrogen and oxygen atoms in total. The summed E-state index contributed by atoms with van der Waals surface area (Å²) in [7, 11) is 0. The first kappa shape index (κ1) is 12.2. The Labute approximate surface area is 123 Å². The Morgan fingerprint density at radius 1 is 0.833 bits per heavy atom. The van der Waals surface area contributed by atoms with Gasteiger partial charge in [-0.25, -0.2) is 0 Å². The Kier molecular flexibility index (Phi) is 2.79. The summed E-state index contributed by atoms with van der Waals surface area (Å²) in [4.78, 5) is 0. The summed E-state index contributed by atoms with van der Waals surface area (Å²) >= 11 is 7.14. The maximum absolute atomic E-state index is 6.08. The van der Waals surface area contributed by atoms with Crippen LogP contribution in [0.4, 0.5) is 0 Å². The first-order chi connectivity index (χ1) is 8.51. The molecule has 0 radical (unpaired) electrons. The summed E-state index contributed by atoms with van der Waals surface area (Å²) in [5, 5.41) is 0. The molecule has 92 valence electrons. The van der Waals surface area contributed by atoms with Crippen LogP contribution in [0, 0.1) is 0 Å². The maximum Gasteiger partial charge on any atom is 0.145 e. The lowest BCUT2D eigenvalue weighted by Gasteiger charge is -2.35. The normalized spacial score (nSPS) is 15.6. The zero-order chi connectivity index (χ0) is 12.9. The van der Waals surface area contributed by atoms with Crippen LogP contribution >= 0.6 is 31.9 Å². The van der Waals surface area contributed by atoms with E-state index in [0.717, 1.165) is 20.4 Å². The van der Waals surface area contributed by atoms with Crippen LogP contribution < -0.4 is 4.74 Å². The molecule has 0 amide bonds. The topological polar surface area (TPSA) is 9.23 Å². The van der Waals surface area contributed by atoms with Gasteiger partial charge in [0.25, 0.3) is 0 Å². The Hall–Kier alpha value is -0.800. The highest BCUT2D eigenvalue weighted by molar-refractivity contribution is 9.11. The van der Waals surface area contributed by atoms with Crippen molar-refractivity contribution in [3.05, 3.63) is 56.5 Å². The van der Waals surface area contributed by atoms with Gasteiger partial charge < -0.3 is 4.74 Å². The molecule has 2 aromatic carbocycles. The van der Waals surface area contributed by atoms with Gasteiger partial charge in [-0.3, -0.25) is 0 Å². The first-order valence-corrected chi connectivity index (χ1v) is 7.36. The molecule has 0 aliphatic carbocycles. The second-order valence-electron chi connectivity index (χ2n) is 4.96. The van der Waals surface area contributed by atoms with Gasteiger partial charge in [-0.15, -0.1) is 0 Å². The third kappa shape index (κ3) is 1.64. The van der Waals surface area contributed by atoms with E-state index in [1.165, 1.54) is 11.1 Å². The molecule has 0 unspecified atom stereocenters. The molecule has 0 bridgehead atoms. The molecule has 18 heavy (non-hydrogen) atoms. The Balaban J connectivity index is 2.33. The molecule has 0 saturated carbocycles. The summed E-state index contributed by atoms with van der Waals surface area (Å²) in [5.41, 5.74) is 2.36. The number of rotatable bonds is 0. The first-order valence-electron chi connectivity index (χ1n) is 5.77. The Morgan fingerprint density at radius 3 is 1.72 bits per heavy atom. The van der Waals surface area contributed by atoms with Crippen LogP contribution in [0.3, 0.4) is 0 Å². The molecule has 2 aromatic rings. The average Bonchev–Trinajstić information content (AvgIpc) is 2.32. The van der Waals surface area contributed by atoms with E-state index in [1.807, 2.05) is 12.1 Å². The number of benzene rings is 2. The summed E-state index contributed by atoms with van der Waals surface area (Å²) in [5.74, 6) is 1.84. The van der Waals surface area contributed by atoms with Crippen LogP contribution in [0.1, 0.15) is 25.0 Å². The van der Waals surface area contributed by atoms with Crippen LogP contribution in [-0.4, -0.2) is 0 Å². The third-order valence-electron chi connectivity index (χ3n) is 3.48. The highest BCUT2D eigenvalue weighted by atomic mass is 79.9. The largest absolute Gasteiger partial charge is 0.454 e. The van der Waals surface area contributed by atoms with Crippen molar-refractivity contribution in [2.45, 2.75) is 19.3 Å². The molecule has 0 N–H and O–H groups in total.